The molecule has 0 radical (unpaired) electrons. The van der Waals surface area contributed by atoms with E-state index in [-0.39, 0.29) is 11.5 Å². The van der Waals surface area contributed by atoms with Crippen LogP contribution in [0.2, 0.25) is 0 Å². The number of aromatic carboxylic acids is 1. The number of carboxylic acid groups (broad SMARTS) is 1. The molecule has 1 aromatic rings. The van der Waals surface area contributed by atoms with Crippen molar-refractivity contribution in [3.8, 4) is 0 Å². The minimum atomic E-state index is -1.05. The average Bonchev–Trinajstić information content (AvgIpc) is 2.28. The predicted molar refractivity (Wildman–Crippen MR) is 70.7 cm³/mol. The maximum atomic E-state index is 11.5. The van der Waals surface area contributed by atoms with Gasteiger partial charge in [0.15, 0.2) is 0 Å². The lowest BCUT2D eigenvalue weighted by molar-refractivity contribution is -0.111. The van der Waals surface area contributed by atoms with Gasteiger partial charge in [0.2, 0.25) is 5.91 Å². The van der Waals surface area contributed by atoms with E-state index < -0.39 is 5.97 Å². The molecule has 4 heteroatoms. The Kier molecular flexibility index (Phi) is 4.87. The second-order valence-electron chi connectivity index (χ2n) is 3.68. The lowest BCUT2D eigenvalue weighted by Gasteiger charge is -2.08. The first kappa shape index (κ1) is 13.7. The van der Waals surface area contributed by atoms with E-state index in [0.29, 0.717) is 11.3 Å². The molecule has 0 bridgehead atoms. The molecule has 2 N–H and O–H groups in total. The first-order chi connectivity index (χ1) is 8.56. The van der Waals surface area contributed by atoms with E-state index >= 15 is 0 Å². The Balaban J connectivity index is 2.94. The van der Waals surface area contributed by atoms with Crippen LogP contribution in [0, 0.1) is 6.92 Å². The molecular weight excluding hydrogens is 230 g/mol. The van der Waals surface area contributed by atoms with E-state index in [1.807, 2.05) is 6.92 Å². The van der Waals surface area contributed by atoms with Gasteiger partial charge in [-0.05, 0) is 25.5 Å². The average molecular weight is 245 g/mol. The first-order valence-electron chi connectivity index (χ1n) is 5.49. The van der Waals surface area contributed by atoms with Crippen LogP contribution < -0.4 is 5.32 Å². The van der Waals surface area contributed by atoms with Gasteiger partial charge in [0.25, 0.3) is 0 Å². The zero-order chi connectivity index (χ0) is 13.5. The quantitative estimate of drug-likeness (QED) is 0.633. The van der Waals surface area contributed by atoms with E-state index in [9.17, 15) is 9.59 Å². The molecule has 1 amide bonds. The molecule has 0 heterocycles. The van der Waals surface area contributed by atoms with E-state index in [1.165, 1.54) is 6.08 Å². The largest absolute Gasteiger partial charge is 0.478 e. The Bertz CT molecular complexity index is 516. The Hall–Kier alpha value is -2.36. The fourth-order valence-corrected chi connectivity index (χ4v) is 1.48. The number of amides is 1. The standard InChI is InChI=1S/C14H15NO3/c1-3-4-5-9-12(16)15-11-8-6-7-10(2)13(11)14(17)18/h3-9H,1-2H3,(H,15,16)(H,17,18). The molecule has 0 fully saturated rings. The molecule has 0 unspecified atom stereocenters. The van der Waals surface area contributed by atoms with Crippen LogP contribution in [0.15, 0.2) is 42.5 Å². The van der Waals surface area contributed by atoms with Gasteiger partial charge in [-0.3, -0.25) is 4.79 Å². The number of anilines is 1. The van der Waals surface area contributed by atoms with Crippen molar-refractivity contribution in [2.45, 2.75) is 13.8 Å². The van der Waals surface area contributed by atoms with Crippen molar-refractivity contribution < 1.29 is 14.7 Å². The summed E-state index contributed by atoms with van der Waals surface area (Å²) in [5, 5.41) is 11.6. The predicted octanol–water partition coefficient (Wildman–Crippen LogP) is 2.76. The van der Waals surface area contributed by atoms with Gasteiger partial charge in [-0.1, -0.05) is 30.4 Å². The number of hydrogen-bond donors (Lipinski definition) is 2. The molecular formula is C14H15NO3. The molecule has 1 rings (SSSR count). The third-order valence-electron chi connectivity index (χ3n) is 2.30. The van der Waals surface area contributed by atoms with Crippen LogP contribution in [-0.4, -0.2) is 17.0 Å². The van der Waals surface area contributed by atoms with Crippen LogP contribution in [-0.2, 0) is 4.79 Å². The molecule has 0 atom stereocenters. The number of carbonyl (C=O) groups excluding carboxylic acids is 1. The Morgan fingerprint density at radius 3 is 2.61 bits per heavy atom. The van der Waals surface area contributed by atoms with Gasteiger partial charge < -0.3 is 10.4 Å². The summed E-state index contributed by atoms with van der Waals surface area (Å²) in [7, 11) is 0. The van der Waals surface area contributed by atoms with Crippen molar-refractivity contribution in [1.29, 1.82) is 0 Å². The fourth-order valence-electron chi connectivity index (χ4n) is 1.48. The van der Waals surface area contributed by atoms with Crippen molar-refractivity contribution >= 4 is 17.6 Å². The number of rotatable bonds is 4. The zero-order valence-electron chi connectivity index (χ0n) is 10.3. The number of carbonyl (C=O) groups is 2. The van der Waals surface area contributed by atoms with Crippen molar-refractivity contribution in [3.63, 3.8) is 0 Å². The third kappa shape index (κ3) is 3.59. The summed E-state index contributed by atoms with van der Waals surface area (Å²) in [6, 6.07) is 4.96. The number of aryl methyl sites for hydroxylation is 1. The van der Waals surface area contributed by atoms with Crippen molar-refractivity contribution in [3.05, 3.63) is 53.6 Å². The SMILES string of the molecule is CC=CC=CC(=O)Nc1cccc(C)c1C(=O)O. The van der Waals surface area contributed by atoms with Gasteiger partial charge in [0, 0.05) is 6.08 Å². The third-order valence-corrected chi connectivity index (χ3v) is 2.30. The van der Waals surface area contributed by atoms with Gasteiger partial charge in [-0.25, -0.2) is 4.79 Å². The van der Waals surface area contributed by atoms with Gasteiger partial charge in [-0.2, -0.15) is 0 Å². The molecule has 0 aliphatic carbocycles. The van der Waals surface area contributed by atoms with E-state index in [4.69, 9.17) is 5.11 Å². The Morgan fingerprint density at radius 1 is 1.28 bits per heavy atom. The lowest BCUT2D eigenvalue weighted by Crippen LogP contribution is -2.13. The van der Waals surface area contributed by atoms with Crippen molar-refractivity contribution in [2.75, 3.05) is 5.32 Å². The Morgan fingerprint density at radius 2 is 2.00 bits per heavy atom. The summed E-state index contributed by atoms with van der Waals surface area (Å²) in [5.41, 5.74) is 1.03. The van der Waals surface area contributed by atoms with Crippen molar-refractivity contribution in [1.82, 2.24) is 0 Å². The van der Waals surface area contributed by atoms with E-state index in [0.717, 1.165) is 0 Å². The Labute approximate surface area is 106 Å². The normalized spacial score (nSPS) is 11.0. The van der Waals surface area contributed by atoms with Gasteiger partial charge in [0.1, 0.15) is 0 Å². The fraction of sp³-hybridized carbons (Fsp3) is 0.143. The smallest absolute Gasteiger partial charge is 0.338 e. The highest BCUT2D eigenvalue weighted by atomic mass is 16.4. The number of hydrogen-bond acceptors (Lipinski definition) is 2. The first-order valence-corrected chi connectivity index (χ1v) is 5.49. The van der Waals surface area contributed by atoms with Gasteiger partial charge in [-0.15, -0.1) is 0 Å². The second-order valence-corrected chi connectivity index (χ2v) is 3.68. The highest BCUT2D eigenvalue weighted by Crippen LogP contribution is 2.19. The number of nitrogens with one attached hydrogen (secondary N) is 1. The summed E-state index contributed by atoms with van der Waals surface area (Å²) in [5.74, 6) is -1.41. The number of benzene rings is 1. The van der Waals surface area contributed by atoms with Crippen LogP contribution in [0.1, 0.15) is 22.8 Å². The lowest BCUT2D eigenvalue weighted by atomic mass is 10.1. The van der Waals surface area contributed by atoms with E-state index in [1.54, 1.807) is 43.4 Å². The molecule has 0 saturated heterocycles. The topological polar surface area (TPSA) is 66.4 Å². The minimum Gasteiger partial charge on any atom is -0.478 e. The van der Waals surface area contributed by atoms with Crippen LogP contribution in [0.5, 0.6) is 0 Å². The molecule has 18 heavy (non-hydrogen) atoms. The molecule has 0 aliphatic heterocycles. The molecule has 0 saturated carbocycles. The van der Waals surface area contributed by atoms with Gasteiger partial charge in [0.05, 0.1) is 11.3 Å². The molecule has 1 aromatic carbocycles. The molecule has 4 nitrogen and oxygen atoms in total. The van der Waals surface area contributed by atoms with E-state index in [2.05, 4.69) is 5.32 Å². The monoisotopic (exact) mass is 245 g/mol. The summed E-state index contributed by atoms with van der Waals surface area (Å²) < 4.78 is 0. The maximum Gasteiger partial charge on any atom is 0.338 e. The minimum absolute atomic E-state index is 0.116. The second kappa shape index (κ2) is 6.39. The van der Waals surface area contributed by atoms with Crippen LogP contribution >= 0.6 is 0 Å². The van der Waals surface area contributed by atoms with Crippen LogP contribution in [0.3, 0.4) is 0 Å². The summed E-state index contributed by atoms with van der Waals surface area (Å²) in [6.07, 6.45) is 6.44. The highest BCUT2D eigenvalue weighted by molar-refractivity contribution is 6.05. The molecule has 0 aliphatic rings. The van der Waals surface area contributed by atoms with Crippen LogP contribution in [0.25, 0.3) is 0 Å². The molecule has 0 spiro atoms. The number of allylic oxidation sites excluding steroid dienone is 3. The van der Waals surface area contributed by atoms with Gasteiger partial charge >= 0.3 is 5.97 Å². The summed E-state index contributed by atoms with van der Waals surface area (Å²) >= 11 is 0. The molecule has 94 valence electrons. The summed E-state index contributed by atoms with van der Waals surface area (Å²) in [6.45, 7) is 3.53. The molecule has 0 aromatic heterocycles. The summed E-state index contributed by atoms with van der Waals surface area (Å²) in [4.78, 5) is 22.7. The maximum absolute atomic E-state index is 11.5. The highest BCUT2D eigenvalue weighted by Gasteiger charge is 2.13. The number of carboxylic acids is 1. The van der Waals surface area contributed by atoms with Crippen LogP contribution in [0.4, 0.5) is 5.69 Å². The zero-order valence-corrected chi connectivity index (χ0v) is 10.3. The van der Waals surface area contributed by atoms with Crippen molar-refractivity contribution in [2.24, 2.45) is 0 Å².